The molecule has 0 heterocycles. The summed E-state index contributed by atoms with van der Waals surface area (Å²) in [6, 6.07) is 9.57. The Morgan fingerprint density at radius 3 is 2.71 bits per heavy atom. The van der Waals surface area contributed by atoms with Gasteiger partial charge in [0.15, 0.2) is 0 Å². The number of carbonyl (C=O) groups excluding carboxylic acids is 1. The molecule has 0 bridgehead atoms. The number of amides is 1. The minimum absolute atomic E-state index is 0.223. The molecule has 1 aromatic carbocycles. The lowest BCUT2D eigenvalue weighted by atomic mass is 10.2. The first-order chi connectivity index (χ1) is 6.83. The number of carbonyl (C=O) groups is 1. The molecule has 0 saturated carbocycles. The molecule has 0 unspecified atom stereocenters. The molecule has 3 nitrogen and oxygen atoms in total. The third-order valence-corrected chi connectivity index (χ3v) is 1.51. The molecule has 1 amide bonds. The second-order valence-electron chi connectivity index (χ2n) is 2.64. The van der Waals surface area contributed by atoms with Crippen molar-refractivity contribution in [2.75, 3.05) is 0 Å². The molecule has 0 aliphatic carbocycles. The lowest BCUT2D eigenvalue weighted by molar-refractivity contribution is -0.116. The van der Waals surface area contributed by atoms with Gasteiger partial charge in [0.2, 0.25) is 0 Å². The summed E-state index contributed by atoms with van der Waals surface area (Å²) in [6.07, 6.45) is 4.68. The van der Waals surface area contributed by atoms with Gasteiger partial charge < -0.3 is 0 Å². The Morgan fingerprint density at radius 1 is 1.36 bits per heavy atom. The molecule has 0 radical (unpaired) electrons. The third kappa shape index (κ3) is 3.67. The number of nitrogens with zero attached hydrogens (tertiary/aromatic N) is 1. The van der Waals surface area contributed by atoms with E-state index in [1.807, 2.05) is 30.3 Å². The molecule has 0 atom stereocenters. The van der Waals surface area contributed by atoms with Crippen LogP contribution in [0.15, 0.2) is 47.6 Å². The van der Waals surface area contributed by atoms with Crippen LogP contribution in [-0.4, -0.2) is 12.1 Å². The smallest absolute Gasteiger partial charge is 0.263 e. The first-order valence-corrected chi connectivity index (χ1v) is 4.33. The Hall–Kier alpha value is -1.90. The van der Waals surface area contributed by atoms with Gasteiger partial charge >= 0.3 is 0 Å². The van der Waals surface area contributed by atoms with Crippen molar-refractivity contribution in [3.05, 3.63) is 48.0 Å². The van der Waals surface area contributed by atoms with Crippen molar-refractivity contribution in [1.82, 2.24) is 5.43 Å². The first kappa shape index (κ1) is 10.2. The van der Waals surface area contributed by atoms with Crippen LogP contribution in [0.3, 0.4) is 0 Å². The minimum Gasteiger partial charge on any atom is -0.268 e. The van der Waals surface area contributed by atoms with Gasteiger partial charge in [0.1, 0.15) is 0 Å². The van der Waals surface area contributed by atoms with Crippen LogP contribution in [0, 0.1) is 0 Å². The van der Waals surface area contributed by atoms with Crippen molar-refractivity contribution < 1.29 is 4.79 Å². The van der Waals surface area contributed by atoms with E-state index in [1.54, 1.807) is 19.2 Å². The molecular formula is C11H12N2O. The second-order valence-corrected chi connectivity index (χ2v) is 2.64. The highest BCUT2D eigenvalue weighted by atomic mass is 16.2. The summed E-state index contributed by atoms with van der Waals surface area (Å²) in [7, 11) is 0. The normalized spacial score (nSPS) is 10.9. The number of benzene rings is 1. The summed E-state index contributed by atoms with van der Waals surface area (Å²) < 4.78 is 0. The van der Waals surface area contributed by atoms with E-state index >= 15 is 0 Å². The monoisotopic (exact) mass is 188 g/mol. The highest BCUT2D eigenvalue weighted by molar-refractivity contribution is 5.88. The Bertz CT molecular complexity index is 342. The average Bonchev–Trinajstić information content (AvgIpc) is 2.20. The average molecular weight is 188 g/mol. The number of nitrogens with one attached hydrogen (secondary N) is 1. The second kappa shape index (κ2) is 5.70. The number of rotatable bonds is 3. The molecule has 3 heteroatoms. The molecule has 0 aliphatic rings. The maximum absolute atomic E-state index is 10.9. The van der Waals surface area contributed by atoms with Crippen molar-refractivity contribution in [1.29, 1.82) is 0 Å². The molecule has 1 aromatic rings. The predicted molar refractivity (Wildman–Crippen MR) is 57.0 cm³/mol. The van der Waals surface area contributed by atoms with Crippen LogP contribution in [0.25, 0.3) is 0 Å². The van der Waals surface area contributed by atoms with Gasteiger partial charge in [0.05, 0.1) is 6.21 Å². The van der Waals surface area contributed by atoms with E-state index in [0.717, 1.165) is 5.56 Å². The van der Waals surface area contributed by atoms with Crippen LogP contribution in [0.5, 0.6) is 0 Å². The van der Waals surface area contributed by atoms with Gasteiger partial charge in [0.25, 0.3) is 5.91 Å². The standard InChI is InChI=1S/C11H12N2O/c1-2-6-11(14)13-12-9-10-7-4-3-5-8-10/h2-9H,1H3,(H,13,14)/b6-2+,12-9+. The molecular weight excluding hydrogens is 176 g/mol. The Labute approximate surface area is 83.1 Å². The molecule has 1 N–H and O–H groups in total. The number of hydrogen-bond donors (Lipinski definition) is 1. The van der Waals surface area contributed by atoms with Gasteiger partial charge in [0, 0.05) is 6.08 Å². The zero-order chi connectivity index (χ0) is 10.2. The van der Waals surface area contributed by atoms with Gasteiger partial charge in [-0.15, -0.1) is 0 Å². The molecule has 0 saturated heterocycles. The van der Waals surface area contributed by atoms with E-state index in [2.05, 4.69) is 10.5 Å². The van der Waals surface area contributed by atoms with Crippen molar-refractivity contribution in [3.63, 3.8) is 0 Å². The SMILES string of the molecule is C/C=C/C(=O)N/N=C/c1ccccc1. The van der Waals surface area contributed by atoms with Crippen LogP contribution < -0.4 is 5.43 Å². The summed E-state index contributed by atoms with van der Waals surface area (Å²) in [5.74, 6) is -0.223. The summed E-state index contributed by atoms with van der Waals surface area (Å²) in [6.45, 7) is 1.78. The summed E-state index contributed by atoms with van der Waals surface area (Å²) in [5, 5.41) is 3.78. The highest BCUT2D eigenvalue weighted by Gasteiger charge is 1.88. The lowest BCUT2D eigenvalue weighted by Crippen LogP contribution is -2.13. The predicted octanol–water partition coefficient (Wildman–Crippen LogP) is 1.71. The van der Waals surface area contributed by atoms with Crippen molar-refractivity contribution in [2.24, 2.45) is 5.10 Å². The van der Waals surface area contributed by atoms with E-state index in [4.69, 9.17) is 0 Å². The summed E-state index contributed by atoms with van der Waals surface area (Å²) in [4.78, 5) is 10.9. The largest absolute Gasteiger partial charge is 0.268 e. The minimum atomic E-state index is -0.223. The van der Waals surface area contributed by atoms with Crippen LogP contribution >= 0.6 is 0 Å². The lowest BCUT2D eigenvalue weighted by Gasteiger charge is -1.92. The van der Waals surface area contributed by atoms with E-state index in [9.17, 15) is 4.79 Å². The quantitative estimate of drug-likeness (QED) is 0.438. The van der Waals surface area contributed by atoms with Gasteiger partial charge in [-0.3, -0.25) is 4.79 Å². The molecule has 0 aliphatic heterocycles. The highest BCUT2D eigenvalue weighted by Crippen LogP contribution is 1.92. The number of allylic oxidation sites excluding steroid dienone is 1. The Kier molecular flexibility index (Phi) is 4.14. The van der Waals surface area contributed by atoms with Gasteiger partial charge in [-0.05, 0) is 12.5 Å². The Balaban J connectivity index is 2.46. The topological polar surface area (TPSA) is 41.5 Å². The molecule has 1 rings (SSSR count). The molecule has 0 spiro atoms. The molecule has 72 valence electrons. The molecule has 14 heavy (non-hydrogen) atoms. The fourth-order valence-electron chi connectivity index (χ4n) is 0.898. The van der Waals surface area contributed by atoms with Gasteiger partial charge in [-0.2, -0.15) is 5.10 Å². The van der Waals surface area contributed by atoms with Crippen LogP contribution in [0.1, 0.15) is 12.5 Å². The van der Waals surface area contributed by atoms with E-state index in [-0.39, 0.29) is 5.91 Å². The van der Waals surface area contributed by atoms with Crippen LogP contribution in [-0.2, 0) is 4.79 Å². The number of hydrogen-bond acceptors (Lipinski definition) is 2. The Morgan fingerprint density at radius 2 is 2.07 bits per heavy atom. The fraction of sp³-hybridized carbons (Fsp3) is 0.0909. The van der Waals surface area contributed by atoms with Crippen LogP contribution in [0.2, 0.25) is 0 Å². The van der Waals surface area contributed by atoms with E-state index < -0.39 is 0 Å². The molecule has 0 aromatic heterocycles. The van der Waals surface area contributed by atoms with Crippen LogP contribution in [0.4, 0.5) is 0 Å². The number of hydrazone groups is 1. The van der Waals surface area contributed by atoms with E-state index in [1.165, 1.54) is 6.08 Å². The zero-order valence-electron chi connectivity index (χ0n) is 7.97. The van der Waals surface area contributed by atoms with E-state index in [0.29, 0.717) is 0 Å². The van der Waals surface area contributed by atoms with Gasteiger partial charge in [-0.1, -0.05) is 36.4 Å². The van der Waals surface area contributed by atoms with Crippen molar-refractivity contribution >= 4 is 12.1 Å². The van der Waals surface area contributed by atoms with Gasteiger partial charge in [-0.25, -0.2) is 5.43 Å². The molecule has 0 fully saturated rings. The maximum atomic E-state index is 10.9. The summed E-state index contributed by atoms with van der Waals surface area (Å²) in [5.41, 5.74) is 3.33. The van der Waals surface area contributed by atoms with Crippen molar-refractivity contribution in [2.45, 2.75) is 6.92 Å². The zero-order valence-corrected chi connectivity index (χ0v) is 7.97. The fourth-order valence-corrected chi connectivity index (χ4v) is 0.898. The van der Waals surface area contributed by atoms with Crippen molar-refractivity contribution in [3.8, 4) is 0 Å². The first-order valence-electron chi connectivity index (χ1n) is 4.33. The third-order valence-electron chi connectivity index (χ3n) is 1.51. The maximum Gasteiger partial charge on any atom is 0.263 e. The summed E-state index contributed by atoms with van der Waals surface area (Å²) >= 11 is 0.